The van der Waals surface area contributed by atoms with Gasteiger partial charge in [0.2, 0.25) is 0 Å². The number of nitrogen functional groups attached to an aromatic ring is 1. The number of anilines is 1. The number of benzene rings is 1. The maximum atomic E-state index is 13.5. The first-order chi connectivity index (χ1) is 9.15. The molecule has 0 aliphatic rings. The molecule has 0 radical (unpaired) electrons. The third-order valence-electron chi connectivity index (χ3n) is 2.78. The number of alkyl halides is 3. The van der Waals surface area contributed by atoms with Gasteiger partial charge in [-0.05, 0) is 25.5 Å². The Hall–Kier alpha value is -1.79. The van der Waals surface area contributed by atoms with Crippen LogP contribution in [0.2, 0.25) is 0 Å². The predicted molar refractivity (Wildman–Crippen MR) is 67.8 cm³/mol. The van der Waals surface area contributed by atoms with Gasteiger partial charge >= 0.3 is 6.18 Å². The number of rotatable bonds is 4. The number of nitrogens with two attached hydrogens (primary N) is 1. The molecule has 0 atom stereocenters. The van der Waals surface area contributed by atoms with E-state index in [2.05, 4.69) is 0 Å². The van der Waals surface area contributed by atoms with Gasteiger partial charge in [-0.25, -0.2) is 4.39 Å². The number of nitrogens with zero attached hydrogens (tertiary/aromatic N) is 1. The molecule has 0 bridgehead atoms. The molecule has 0 saturated heterocycles. The Bertz CT molecular complexity index is 477. The average molecular weight is 292 g/mol. The Labute approximate surface area is 114 Å². The highest BCUT2D eigenvalue weighted by Crippen LogP contribution is 2.22. The quantitative estimate of drug-likeness (QED) is 0.684. The molecule has 0 heterocycles. The molecule has 1 rings (SSSR count). The van der Waals surface area contributed by atoms with Crippen LogP contribution in [0.1, 0.15) is 29.3 Å². The number of carbonyl (C=O) groups is 1. The van der Waals surface area contributed by atoms with Gasteiger partial charge in [0, 0.05) is 23.4 Å². The van der Waals surface area contributed by atoms with Gasteiger partial charge in [0.05, 0.1) is 0 Å². The molecule has 0 spiro atoms. The number of hydrogen-bond acceptors (Lipinski definition) is 2. The first kappa shape index (κ1) is 16.3. The van der Waals surface area contributed by atoms with Crippen LogP contribution in [-0.2, 0) is 0 Å². The van der Waals surface area contributed by atoms with Gasteiger partial charge in [-0.15, -0.1) is 0 Å². The van der Waals surface area contributed by atoms with Gasteiger partial charge < -0.3 is 10.6 Å². The van der Waals surface area contributed by atoms with Crippen molar-refractivity contribution in [2.24, 2.45) is 0 Å². The summed E-state index contributed by atoms with van der Waals surface area (Å²) in [6.45, 7) is 1.65. The molecule has 0 fully saturated rings. The van der Waals surface area contributed by atoms with E-state index in [4.69, 9.17) is 5.73 Å². The van der Waals surface area contributed by atoms with E-state index in [1.165, 1.54) is 13.0 Å². The predicted octanol–water partition coefficient (Wildman–Crippen LogP) is 3.13. The Balaban J connectivity index is 3.06. The summed E-state index contributed by atoms with van der Waals surface area (Å²) >= 11 is 0. The first-order valence-corrected chi connectivity index (χ1v) is 6.07. The van der Waals surface area contributed by atoms with E-state index >= 15 is 0 Å². The maximum Gasteiger partial charge on any atom is 0.406 e. The monoisotopic (exact) mass is 292 g/mol. The maximum absolute atomic E-state index is 13.5. The molecule has 7 heteroatoms. The SMILES string of the molecule is CCCN(CC(F)(F)F)C(=O)c1cc(N)c(C)c(F)c1. The normalized spacial score (nSPS) is 11.5. The van der Waals surface area contributed by atoms with Crippen LogP contribution < -0.4 is 5.73 Å². The highest BCUT2D eigenvalue weighted by molar-refractivity contribution is 5.95. The van der Waals surface area contributed by atoms with Crippen LogP contribution in [0.3, 0.4) is 0 Å². The Morgan fingerprint density at radius 1 is 1.35 bits per heavy atom. The van der Waals surface area contributed by atoms with Crippen LogP contribution in [0, 0.1) is 12.7 Å². The van der Waals surface area contributed by atoms with E-state index in [0.29, 0.717) is 11.3 Å². The van der Waals surface area contributed by atoms with Gasteiger partial charge in [-0.3, -0.25) is 4.79 Å². The number of halogens is 4. The van der Waals surface area contributed by atoms with Crippen molar-refractivity contribution in [3.8, 4) is 0 Å². The zero-order chi connectivity index (χ0) is 15.5. The number of amides is 1. The molecule has 1 amide bonds. The summed E-state index contributed by atoms with van der Waals surface area (Å²) in [4.78, 5) is 12.7. The molecule has 0 aliphatic carbocycles. The minimum Gasteiger partial charge on any atom is -0.398 e. The molecular weight excluding hydrogens is 276 g/mol. The molecule has 112 valence electrons. The fourth-order valence-electron chi connectivity index (χ4n) is 1.74. The second kappa shape index (κ2) is 6.11. The third kappa shape index (κ3) is 4.11. The molecule has 0 aliphatic heterocycles. The summed E-state index contributed by atoms with van der Waals surface area (Å²) in [5.74, 6) is -1.59. The van der Waals surface area contributed by atoms with E-state index in [0.717, 1.165) is 6.07 Å². The van der Waals surface area contributed by atoms with E-state index in [9.17, 15) is 22.4 Å². The topological polar surface area (TPSA) is 46.3 Å². The van der Waals surface area contributed by atoms with E-state index in [1.807, 2.05) is 0 Å². The van der Waals surface area contributed by atoms with Crippen LogP contribution >= 0.6 is 0 Å². The summed E-state index contributed by atoms with van der Waals surface area (Å²) in [5.41, 5.74) is 5.55. The van der Waals surface area contributed by atoms with Crippen LogP contribution in [0.25, 0.3) is 0 Å². The second-order valence-electron chi connectivity index (χ2n) is 4.51. The average Bonchev–Trinajstić information content (AvgIpc) is 2.32. The van der Waals surface area contributed by atoms with Crippen molar-refractivity contribution in [1.29, 1.82) is 0 Å². The molecule has 0 unspecified atom stereocenters. The molecule has 20 heavy (non-hydrogen) atoms. The summed E-state index contributed by atoms with van der Waals surface area (Å²) in [6.07, 6.45) is -4.13. The minimum atomic E-state index is -4.50. The van der Waals surface area contributed by atoms with E-state index in [-0.39, 0.29) is 23.4 Å². The standard InChI is InChI=1S/C13H16F4N2O/c1-3-4-19(7-13(15,16)17)12(20)9-5-10(14)8(2)11(18)6-9/h5-6H,3-4,7,18H2,1-2H3. The van der Waals surface area contributed by atoms with Gasteiger partial charge in [0.25, 0.3) is 5.91 Å². The van der Waals surface area contributed by atoms with Crippen molar-refractivity contribution in [2.45, 2.75) is 26.4 Å². The molecule has 1 aromatic rings. The Morgan fingerprint density at radius 3 is 2.40 bits per heavy atom. The fourth-order valence-corrected chi connectivity index (χ4v) is 1.74. The lowest BCUT2D eigenvalue weighted by atomic mass is 10.1. The second-order valence-corrected chi connectivity index (χ2v) is 4.51. The van der Waals surface area contributed by atoms with Crippen molar-refractivity contribution in [2.75, 3.05) is 18.8 Å². The fraction of sp³-hybridized carbons (Fsp3) is 0.462. The van der Waals surface area contributed by atoms with E-state index in [1.54, 1.807) is 6.92 Å². The smallest absolute Gasteiger partial charge is 0.398 e. The van der Waals surface area contributed by atoms with Gasteiger partial charge in [0.15, 0.2) is 0 Å². The highest BCUT2D eigenvalue weighted by Gasteiger charge is 2.33. The largest absolute Gasteiger partial charge is 0.406 e. The third-order valence-corrected chi connectivity index (χ3v) is 2.78. The summed E-state index contributed by atoms with van der Waals surface area (Å²) in [5, 5.41) is 0. The lowest BCUT2D eigenvalue weighted by molar-refractivity contribution is -0.140. The molecule has 0 aromatic heterocycles. The Morgan fingerprint density at radius 2 is 1.95 bits per heavy atom. The molecule has 0 saturated carbocycles. The minimum absolute atomic E-state index is 0.0387. The van der Waals surface area contributed by atoms with Crippen LogP contribution in [0.4, 0.5) is 23.2 Å². The lowest BCUT2D eigenvalue weighted by Gasteiger charge is -2.23. The number of carbonyl (C=O) groups excluding carboxylic acids is 1. The van der Waals surface area contributed by atoms with Crippen LogP contribution in [-0.4, -0.2) is 30.1 Å². The zero-order valence-corrected chi connectivity index (χ0v) is 11.2. The van der Waals surface area contributed by atoms with Crippen molar-refractivity contribution < 1.29 is 22.4 Å². The first-order valence-electron chi connectivity index (χ1n) is 6.07. The summed E-state index contributed by atoms with van der Waals surface area (Å²) < 4.78 is 50.8. The van der Waals surface area contributed by atoms with Gasteiger partial charge in [0.1, 0.15) is 12.4 Å². The zero-order valence-electron chi connectivity index (χ0n) is 11.2. The lowest BCUT2D eigenvalue weighted by Crippen LogP contribution is -2.39. The highest BCUT2D eigenvalue weighted by atomic mass is 19.4. The molecule has 3 nitrogen and oxygen atoms in total. The van der Waals surface area contributed by atoms with Crippen LogP contribution in [0.5, 0.6) is 0 Å². The Kier molecular flexibility index (Phi) is 4.97. The molecular formula is C13H16F4N2O. The van der Waals surface area contributed by atoms with Crippen molar-refractivity contribution in [1.82, 2.24) is 4.90 Å². The molecule has 2 N–H and O–H groups in total. The molecule has 1 aromatic carbocycles. The van der Waals surface area contributed by atoms with E-state index < -0.39 is 24.4 Å². The van der Waals surface area contributed by atoms with Crippen molar-refractivity contribution >= 4 is 11.6 Å². The van der Waals surface area contributed by atoms with Gasteiger partial charge in [-0.2, -0.15) is 13.2 Å². The van der Waals surface area contributed by atoms with Gasteiger partial charge in [-0.1, -0.05) is 6.92 Å². The van der Waals surface area contributed by atoms with Crippen molar-refractivity contribution in [3.63, 3.8) is 0 Å². The van der Waals surface area contributed by atoms with Crippen LogP contribution in [0.15, 0.2) is 12.1 Å². The number of hydrogen-bond donors (Lipinski definition) is 1. The summed E-state index contributed by atoms with van der Waals surface area (Å²) in [7, 11) is 0. The summed E-state index contributed by atoms with van der Waals surface area (Å²) in [6, 6.07) is 2.10. The van der Waals surface area contributed by atoms with Crippen molar-refractivity contribution in [3.05, 3.63) is 29.1 Å².